The van der Waals surface area contributed by atoms with E-state index in [-0.39, 0.29) is 11.8 Å². The summed E-state index contributed by atoms with van der Waals surface area (Å²) in [6, 6.07) is 7.60. The molecule has 0 spiro atoms. The zero-order chi connectivity index (χ0) is 15.2. The fourth-order valence-electron chi connectivity index (χ4n) is 1.85. The lowest BCUT2D eigenvalue weighted by atomic mass is 10.2. The molecule has 0 aliphatic carbocycles. The monoisotopic (exact) mass is 306 g/mol. The molecule has 0 atom stereocenters. The van der Waals surface area contributed by atoms with Crippen LogP contribution in [0.4, 0.5) is 0 Å². The standard InChI is InChI=1S/C15H18N2O3S/c1-3-20-12-6-4-5-11(7-12)9-16-13(18)8-15-17(2)14(19)10-21-15/h4-8H,3,9-10H2,1-2H3,(H,16,18). The van der Waals surface area contributed by atoms with Crippen molar-refractivity contribution in [1.29, 1.82) is 0 Å². The average molecular weight is 306 g/mol. The predicted molar refractivity (Wildman–Crippen MR) is 82.8 cm³/mol. The SMILES string of the molecule is CCOc1cccc(CNC(=O)C=C2SCC(=O)N2C)c1. The molecule has 0 aromatic heterocycles. The summed E-state index contributed by atoms with van der Waals surface area (Å²) < 4.78 is 5.41. The Kier molecular flexibility index (Phi) is 5.27. The summed E-state index contributed by atoms with van der Waals surface area (Å²) in [7, 11) is 1.67. The van der Waals surface area contributed by atoms with E-state index in [1.54, 1.807) is 7.05 Å². The summed E-state index contributed by atoms with van der Waals surface area (Å²) in [5.74, 6) is 0.995. The first-order valence-electron chi connectivity index (χ1n) is 6.70. The van der Waals surface area contributed by atoms with Crippen LogP contribution in [-0.4, -0.2) is 36.1 Å². The molecule has 1 N–H and O–H groups in total. The first-order valence-corrected chi connectivity index (χ1v) is 7.69. The predicted octanol–water partition coefficient (Wildman–Crippen LogP) is 1.75. The Morgan fingerprint density at radius 2 is 2.33 bits per heavy atom. The highest BCUT2D eigenvalue weighted by Gasteiger charge is 2.23. The quantitative estimate of drug-likeness (QED) is 0.842. The van der Waals surface area contributed by atoms with E-state index in [4.69, 9.17) is 4.74 Å². The Balaban J connectivity index is 1.91. The first-order chi connectivity index (χ1) is 10.1. The van der Waals surface area contributed by atoms with Crippen molar-refractivity contribution in [3.8, 4) is 5.75 Å². The lowest BCUT2D eigenvalue weighted by Crippen LogP contribution is -2.23. The van der Waals surface area contributed by atoms with Gasteiger partial charge in [-0.2, -0.15) is 0 Å². The van der Waals surface area contributed by atoms with Gasteiger partial charge in [0.25, 0.3) is 0 Å². The van der Waals surface area contributed by atoms with E-state index < -0.39 is 0 Å². The maximum Gasteiger partial charge on any atom is 0.246 e. The zero-order valence-corrected chi connectivity index (χ0v) is 12.9. The second kappa shape index (κ2) is 7.17. The molecule has 21 heavy (non-hydrogen) atoms. The van der Waals surface area contributed by atoms with Crippen LogP contribution in [0.15, 0.2) is 35.4 Å². The second-order valence-electron chi connectivity index (χ2n) is 4.52. The number of rotatable bonds is 5. The molecule has 112 valence electrons. The number of carbonyl (C=O) groups is 2. The van der Waals surface area contributed by atoms with Crippen molar-refractivity contribution in [2.45, 2.75) is 13.5 Å². The van der Waals surface area contributed by atoms with Gasteiger partial charge in [-0.05, 0) is 24.6 Å². The molecule has 1 aliphatic heterocycles. The topological polar surface area (TPSA) is 58.6 Å². The summed E-state index contributed by atoms with van der Waals surface area (Å²) in [5.41, 5.74) is 0.969. The molecule has 0 radical (unpaired) electrons. The number of benzene rings is 1. The Bertz CT molecular complexity index is 572. The van der Waals surface area contributed by atoms with E-state index in [9.17, 15) is 9.59 Å². The molecule has 1 aromatic carbocycles. The van der Waals surface area contributed by atoms with Crippen molar-refractivity contribution in [1.82, 2.24) is 10.2 Å². The third-order valence-electron chi connectivity index (χ3n) is 2.98. The first kappa shape index (κ1) is 15.4. The van der Waals surface area contributed by atoms with E-state index in [1.807, 2.05) is 31.2 Å². The van der Waals surface area contributed by atoms with Crippen molar-refractivity contribution in [2.24, 2.45) is 0 Å². The number of thioether (sulfide) groups is 1. The average Bonchev–Trinajstić information content (AvgIpc) is 2.78. The minimum Gasteiger partial charge on any atom is -0.494 e. The number of amides is 2. The van der Waals surface area contributed by atoms with Crippen LogP contribution in [0.25, 0.3) is 0 Å². The highest BCUT2D eigenvalue weighted by molar-refractivity contribution is 8.04. The number of nitrogens with zero attached hydrogens (tertiary/aromatic N) is 1. The number of hydrogen-bond donors (Lipinski definition) is 1. The second-order valence-corrected chi connectivity index (χ2v) is 5.52. The summed E-state index contributed by atoms with van der Waals surface area (Å²) in [5, 5.41) is 3.49. The Morgan fingerprint density at radius 1 is 1.52 bits per heavy atom. The van der Waals surface area contributed by atoms with Gasteiger partial charge in [0, 0.05) is 19.7 Å². The van der Waals surface area contributed by atoms with E-state index in [1.165, 1.54) is 22.7 Å². The van der Waals surface area contributed by atoms with Crippen LogP contribution >= 0.6 is 11.8 Å². The van der Waals surface area contributed by atoms with Crippen LogP contribution < -0.4 is 10.1 Å². The molecule has 1 heterocycles. The maximum absolute atomic E-state index is 11.9. The molecule has 1 saturated heterocycles. The Hall–Kier alpha value is -1.95. The van der Waals surface area contributed by atoms with Gasteiger partial charge in [-0.1, -0.05) is 23.9 Å². The van der Waals surface area contributed by atoms with E-state index >= 15 is 0 Å². The number of carbonyl (C=O) groups excluding carboxylic acids is 2. The maximum atomic E-state index is 11.9. The van der Waals surface area contributed by atoms with Gasteiger partial charge >= 0.3 is 0 Å². The van der Waals surface area contributed by atoms with Gasteiger partial charge in [0.05, 0.1) is 17.4 Å². The fourth-order valence-corrected chi connectivity index (χ4v) is 2.81. The van der Waals surface area contributed by atoms with Crippen LogP contribution in [0.3, 0.4) is 0 Å². The summed E-state index contributed by atoms with van der Waals surface area (Å²) in [4.78, 5) is 24.7. The van der Waals surface area contributed by atoms with Gasteiger partial charge < -0.3 is 15.0 Å². The lowest BCUT2D eigenvalue weighted by molar-refractivity contribution is -0.124. The highest BCUT2D eigenvalue weighted by Crippen LogP contribution is 2.26. The van der Waals surface area contributed by atoms with Crippen LogP contribution in [0.2, 0.25) is 0 Å². The third kappa shape index (κ3) is 4.26. The summed E-state index contributed by atoms with van der Waals surface area (Å²) in [6.45, 7) is 2.96. The van der Waals surface area contributed by atoms with Crippen LogP contribution in [0.5, 0.6) is 5.75 Å². The van der Waals surface area contributed by atoms with Gasteiger partial charge in [0.2, 0.25) is 11.8 Å². The normalized spacial score (nSPS) is 16.4. The molecule has 1 fully saturated rings. The molecule has 0 saturated carbocycles. The van der Waals surface area contributed by atoms with Crippen molar-refractivity contribution in [3.63, 3.8) is 0 Å². The van der Waals surface area contributed by atoms with Crippen molar-refractivity contribution >= 4 is 23.6 Å². The van der Waals surface area contributed by atoms with E-state index in [0.29, 0.717) is 23.9 Å². The number of nitrogens with one attached hydrogen (secondary N) is 1. The molecule has 5 nitrogen and oxygen atoms in total. The Morgan fingerprint density at radius 3 is 3.00 bits per heavy atom. The Labute approximate surface area is 128 Å². The summed E-state index contributed by atoms with van der Waals surface area (Å²) in [6.07, 6.45) is 1.46. The fraction of sp³-hybridized carbons (Fsp3) is 0.333. The molecule has 0 bridgehead atoms. The molecule has 2 amide bonds. The van der Waals surface area contributed by atoms with Gasteiger partial charge in [0.15, 0.2) is 0 Å². The number of hydrogen-bond acceptors (Lipinski definition) is 4. The lowest BCUT2D eigenvalue weighted by Gasteiger charge is -2.09. The smallest absolute Gasteiger partial charge is 0.246 e. The largest absolute Gasteiger partial charge is 0.494 e. The van der Waals surface area contributed by atoms with Gasteiger partial charge in [-0.3, -0.25) is 9.59 Å². The van der Waals surface area contributed by atoms with Crippen molar-refractivity contribution < 1.29 is 14.3 Å². The van der Waals surface area contributed by atoms with Crippen LogP contribution in [0.1, 0.15) is 12.5 Å². The van der Waals surface area contributed by atoms with Crippen LogP contribution in [0, 0.1) is 0 Å². The highest BCUT2D eigenvalue weighted by atomic mass is 32.2. The zero-order valence-electron chi connectivity index (χ0n) is 12.1. The van der Waals surface area contributed by atoms with Crippen molar-refractivity contribution in [2.75, 3.05) is 19.4 Å². The minimum absolute atomic E-state index is 0.0171. The molecule has 6 heteroatoms. The number of ether oxygens (including phenoxy) is 1. The third-order valence-corrected chi connectivity index (χ3v) is 4.06. The molecule has 1 aromatic rings. The van der Waals surface area contributed by atoms with Gasteiger partial charge in [-0.25, -0.2) is 0 Å². The molecular weight excluding hydrogens is 288 g/mol. The van der Waals surface area contributed by atoms with E-state index in [2.05, 4.69) is 5.32 Å². The van der Waals surface area contributed by atoms with Gasteiger partial charge in [-0.15, -0.1) is 0 Å². The molecular formula is C15H18N2O3S. The minimum atomic E-state index is -0.208. The summed E-state index contributed by atoms with van der Waals surface area (Å²) >= 11 is 1.37. The van der Waals surface area contributed by atoms with E-state index in [0.717, 1.165) is 11.3 Å². The van der Waals surface area contributed by atoms with Crippen molar-refractivity contribution in [3.05, 3.63) is 40.9 Å². The molecule has 1 aliphatic rings. The van der Waals surface area contributed by atoms with Crippen LogP contribution in [-0.2, 0) is 16.1 Å². The molecule has 2 rings (SSSR count). The molecule has 0 unspecified atom stereocenters. The van der Waals surface area contributed by atoms with Gasteiger partial charge in [0.1, 0.15) is 5.75 Å².